The normalized spacial score (nSPS) is 12.8. The minimum absolute atomic E-state index is 0.132. The number of aromatic nitrogens is 2. The first-order chi connectivity index (χ1) is 13.2. The molecule has 0 saturated carbocycles. The summed E-state index contributed by atoms with van der Waals surface area (Å²) in [6.45, 7) is 0. The van der Waals surface area contributed by atoms with Gasteiger partial charge in [-0.15, -0.1) is 11.3 Å². The first kappa shape index (κ1) is 17.9. The van der Waals surface area contributed by atoms with Crippen LogP contribution in [0.4, 0.5) is 5.69 Å². The summed E-state index contributed by atoms with van der Waals surface area (Å²) in [5, 5.41) is 7.41. The molecule has 0 saturated heterocycles. The Balaban J connectivity index is 1.46. The highest BCUT2D eigenvalue weighted by molar-refractivity contribution is 8.00. The van der Waals surface area contributed by atoms with Gasteiger partial charge in [0, 0.05) is 28.6 Å². The molecule has 2 amide bonds. The Kier molecular flexibility index (Phi) is 5.09. The average Bonchev–Trinajstić information content (AvgIpc) is 3.27. The van der Waals surface area contributed by atoms with Crippen LogP contribution < -0.4 is 10.6 Å². The lowest BCUT2D eigenvalue weighted by Crippen LogP contribution is -2.19. The van der Waals surface area contributed by atoms with Gasteiger partial charge in [-0.25, -0.2) is 9.97 Å². The molecule has 1 aromatic carbocycles. The summed E-state index contributed by atoms with van der Waals surface area (Å²) in [6, 6.07) is 6.88. The van der Waals surface area contributed by atoms with Gasteiger partial charge < -0.3 is 10.6 Å². The van der Waals surface area contributed by atoms with Gasteiger partial charge in [0.1, 0.15) is 16.2 Å². The van der Waals surface area contributed by atoms with E-state index in [0.29, 0.717) is 11.3 Å². The van der Waals surface area contributed by atoms with Crippen LogP contribution in [0.3, 0.4) is 0 Å². The van der Waals surface area contributed by atoms with Crippen molar-refractivity contribution < 1.29 is 9.59 Å². The van der Waals surface area contributed by atoms with Crippen molar-refractivity contribution in [1.29, 1.82) is 0 Å². The number of carbonyl (C=O) groups excluding carboxylic acids is 2. The lowest BCUT2D eigenvalue weighted by molar-refractivity contribution is -0.113. The van der Waals surface area contributed by atoms with Crippen LogP contribution in [-0.4, -0.2) is 34.6 Å². The molecule has 2 aromatic heterocycles. The summed E-state index contributed by atoms with van der Waals surface area (Å²) in [4.78, 5) is 35.3. The highest BCUT2D eigenvalue weighted by Crippen LogP contribution is 2.39. The number of nitrogens with zero attached hydrogens (tertiary/aromatic N) is 2. The van der Waals surface area contributed by atoms with Crippen molar-refractivity contribution in [2.24, 2.45) is 0 Å². The number of benzene rings is 1. The Hall–Kier alpha value is -2.45. The number of carbonyl (C=O) groups is 2. The van der Waals surface area contributed by atoms with Crippen molar-refractivity contribution in [3.8, 4) is 0 Å². The molecule has 0 radical (unpaired) electrons. The highest BCUT2D eigenvalue weighted by atomic mass is 32.2. The van der Waals surface area contributed by atoms with E-state index in [4.69, 9.17) is 0 Å². The van der Waals surface area contributed by atoms with Gasteiger partial charge in [-0.3, -0.25) is 9.59 Å². The van der Waals surface area contributed by atoms with Crippen molar-refractivity contribution in [3.05, 3.63) is 46.6 Å². The second-order valence-electron chi connectivity index (χ2n) is 6.21. The zero-order valence-corrected chi connectivity index (χ0v) is 16.4. The van der Waals surface area contributed by atoms with Crippen molar-refractivity contribution in [3.63, 3.8) is 0 Å². The number of nitrogens with one attached hydrogen (secondary N) is 2. The van der Waals surface area contributed by atoms with Crippen LogP contribution >= 0.6 is 23.1 Å². The molecule has 2 N–H and O–H groups in total. The molecular weight excluding hydrogens is 380 g/mol. The van der Waals surface area contributed by atoms with E-state index in [2.05, 4.69) is 20.6 Å². The fourth-order valence-corrected chi connectivity index (χ4v) is 5.34. The third-order valence-corrected chi connectivity index (χ3v) is 6.63. The standard InChI is InChI=1S/C19H18N4O2S2/c1-20-17(25)11-4-2-5-12(8-11)23-15(24)9-26-18-16-13-6-3-7-14(13)27-19(16)22-10-21-18/h2,4-5,8,10H,3,6-7,9H2,1H3,(H,20,25)(H,23,24). The fraction of sp³-hybridized carbons (Fsp3) is 0.263. The van der Waals surface area contributed by atoms with Crippen molar-refractivity contribution >= 4 is 50.8 Å². The Bertz CT molecular complexity index is 1030. The molecule has 138 valence electrons. The number of rotatable bonds is 5. The van der Waals surface area contributed by atoms with Gasteiger partial charge in [0.25, 0.3) is 5.91 Å². The van der Waals surface area contributed by atoms with Crippen LogP contribution in [0.5, 0.6) is 0 Å². The number of amides is 2. The molecule has 0 spiro atoms. The molecule has 3 aromatic rings. The fourth-order valence-electron chi connectivity index (χ4n) is 3.22. The minimum atomic E-state index is -0.185. The van der Waals surface area contributed by atoms with E-state index in [0.717, 1.165) is 28.1 Å². The van der Waals surface area contributed by atoms with Crippen LogP contribution in [0.1, 0.15) is 27.2 Å². The Morgan fingerprint density at radius 1 is 1.26 bits per heavy atom. The predicted molar refractivity (Wildman–Crippen MR) is 109 cm³/mol. The second-order valence-corrected chi connectivity index (χ2v) is 8.26. The monoisotopic (exact) mass is 398 g/mol. The van der Waals surface area contributed by atoms with Gasteiger partial charge in [0.05, 0.1) is 5.75 Å². The summed E-state index contributed by atoms with van der Waals surface area (Å²) >= 11 is 3.17. The van der Waals surface area contributed by atoms with E-state index in [-0.39, 0.29) is 17.6 Å². The highest BCUT2D eigenvalue weighted by Gasteiger charge is 2.21. The lowest BCUT2D eigenvalue weighted by atomic mass is 10.2. The Labute approximate surface area is 164 Å². The molecule has 27 heavy (non-hydrogen) atoms. The molecule has 2 heterocycles. The van der Waals surface area contributed by atoms with Crippen molar-refractivity contribution in [1.82, 2.24) is 15.3 Å². The quantitative estimate of drug-likeness (QED) is 0.509. The molecule has 0 unspecified atom stereocenters. The number of thioether (sulfide) groups is 1. The maximum atomic E-state index is 12.4. The van der Waals surface area contributed by atoms with E-state index in [1.54, 1.807) is 49.0 Å². The first-order valence-corrected chi connectivity index (χ1v) is 10.5. The Morgan fingerprint density at radius 2 is 2.15 bits per heavy atom. The minimum Gasteiger partial charge on any atom is -0.355 e. The summed E-state index contributed by atoms with van der Waals surface area (Å²) in [7, 11) is 1.58. The molecular formula is C19H18N4O2S2. The molecule has 0 bridgehead atoms. The van der Waals surface area contributed by atoms with Crippen LogP contribution in [0, 0.1) is 0 Å². The largest absolute Gasteiger partial charge is 0.355 e. The number of hydrogen-bond acceptors (Lipinski definition) is 6. The van der Waals surface area contributed by atoms with Gasteiger partial charge in [-0.05, 0) is 43.0 Å². The molecule has 1 aliphatic rings. The number of anilines is 1. The maximum Gasteiger partial charge on any atom is 0.251 e. The van der Waals surface area contributed by atoms with E-state index >= 15 is 0 Å². The molecule has 0 fully saturated rings. The van der Waals surface area contributed by atoms with Crippen LogP contribution in [0.2, 0.25) is 0 Å². The molecule has 6 nitrogen and oxygen atoms in total. The zero-order valence-electron chi connectivity index (χ0n) is 14.7. The topological polar surface area (TPSA) is 84.0 Å². The summed E-state index contributed by atoms with van der Waals surface area (Å²) in [5.41, 5.74) is 2.47. The smallest absolute Gasteiger partial charge is 0.251 e. The number of hydrogen-bond donors (Lipinski definition) is 2. The van der Waals surface area contributed by atoms with E-state index < -0.39 is 0 Å². The van der Waals surface area contributed by atoms with Gasteiger partial charge in [-0.1, -0.05) is 17.8 Å². The maximum absolute atomic E-state index is 12.4. The molecule has 0 atom stereocenters. The zero-order chi connectivity index (χ0) is 18.8. The molecule has 1 aliphatic carbocycles. The predicted octanol–water partition coefficient (Wildman–Crippen LogP) is 3.27. The third-order valence-electron chi connectivity index (χ3n) is 4.44. The molecule has 4 rings (SSSR count). The number of fused-ring (bicyclic) bond motifs is 3. The van der Waals surface area contributed by atoms with Gasteiger partial charge in [0.15, 0.2) is 0 Å². The number of thiophene rings is 1. The second kappa shape index (κ2) is 7.66. The summed E-state index contributed by atoms with van der Waals surface area (Å²) < 4.78 is 0. The lowest BCUT2D eigenvalue weighted by Gasteiger charge is -2.07. The van der Waals surface area contributed by atoms with Crippen molar-refractivity contribution in [2.75, 3.05) is 18.1 Å². The van der Waals surface area contributed by atoms with E-state index in [1.807, 2.05) is 0 Å². The molecule has 8 heteroatoms. The van der Waals surface area contributed by atoms with Gasteiger partial charge >= 0.3 is 0 Å². The molecule has 0 aliphatic heterocycles. The van der Waals surface area contributed by atoms with Crippen LogP contribution in [0.15, 0.2) is 35.6 Å². The summed E-state index contributed by atoms with van der Waals surface area (Å²) in [5.74, 6) is -0.0659. The first-order valence-electron chi connectivity index (χ1n) is 8.65. The van der Waals surface area contributed by atoms with E-state index in [1.165, 1.54) is 28.6 Å². The van der Waals surface area contributed by atoms with Gasteiger partial charge in [0.2, 0.25) is 5.91 Å². The van der Waals surface area contributed by atoms with Crippen molar-refractivity contribution in [2.45, 2.75) is 24.3 Å². The SMILES string of the molecule is CNC(=O)c1cccc(NC(=O)CSc2ncnc3sc4c(c23)CCC4)c1. The average molecular weight is 399 g/mol. The Morgan fingerprint density at radius 3 is 3.00 bits per heavy atom. The van der Waals surface area contributed by atoms with Crippen LogP contribution in [-0.2, 0) is 17.6 Å². The third kappa shape index (κ3) is 3.68. The number of aryl methyl sites for hydroxylation is 2. The summed E-state index contributed by atoms with van der Waals surface area (Å²) in [6.07, 6.45) is 4.93. The van der Waals surface area contributed by atoms with E-state index in [9.17, 15) is 9.59 Å². The van der Waals surface area contributed by atoms with Crippen LogP contribution in [0.25, 0.3) is 10.2 Å². The van der Waals surface area contributed by atoms with Gasteiger partial charge in [-0.2, -0.15) is 0 Å².